The number of benzene rings is 1. The quantitative estimate of drug-likeness (QED) is 0.336. The highest BCUT2D eigenvalue weighted by Gasteiger charge is 2.16. The van der Waals surface area contributed by atoms with Crippen molar-refractivity contribution in [1.82, 2.24) is 14.5 Å². The Hall–Kier alpha value is -1.99. The van der Waals surface area contributed by atoms with Crippen LogP contribution in [0, 0.1) is 0 Å². The van der Waals surface area contributed by atoms with Crippen molar-refractivity contribution in [3.05, 3.63) is 40.0 Å². The Balaban J connectivity index is 1.99. The van der Waals surface area contributed by atoms with Crippen LogP contribution in [0.1, 0.15) is 37.3 Å². The number of nitrogens with two attached hydrogens (primary N) is 1. The predicted molar refractivity (Wildman–Crippen MR) is 119 cm³/mol. The Morgan fingerprint density at radius 2 is 2.11 bits per heavy atom. The lowest BCUT2D eigenvalue weighted by Gasteiger charge is -2.14. The first kappa shape index (κ1) is 20.7. The van der Waals surface area contributed by atoms with Crippen molar-refractivity contribution in [1.29, 1.82) is 0 Å². The highest BCUT2D eigenvalue weighted by molar-refractivity contribution is 9.10. The molecule has 0 aliphatic rings. The number of unbranched alkanes of at least 4 members (excludes halogenated alkanes) is 2. The zero-order chi connectivity index (χ0) is 20.1. The molecule has 0 atom stereocenters. The van der Waals surface area contributed by atoms with E-state index >= 15 is 0 Å². The molecular weight excluding hydrogens is 442 g/mol. The summed E-state index contributed by atoms with van der Waals surface area (Å²) in [5.41, 5.74) is 9.72. The summed E-state index contributed by atoms with van der Waals surface area (Å²) < 4.78 is 8.56. The number of fused-ring (bicyclic) bond motifs is 1. The van der Waals surface area contributed by atoms with E-state index in [-0.39, 0.29) is 5.95 Å². The molecule has 0 spiro atoms. The first-order valence-corrected chi connectivity index (χ1v) is 10.7. The van der Waals surface area contributed by atoms with Gasteiger partial charge in [-0.05, 0) is 34.0 Å². The molecule has 0 unspecified atom stereocenters. The van der Waals surface area contributed by atoms with Crippen LogP contribution in [0.4, 0.5) is 11.8 Å². The van der Waals surface area contributed by atoms with Gasteiger partial charge in [-0.15, -0.1) is 11.6 Å². The largest absolute Gasteiger partial charge is 0.496 e. The van der Waals surface area contributed by atoms with E-state index in [0.29, 0.717) is 12.4 Å². The minimum atomic E-state index is 0.257. The maximum Gasteiger partial charge on any atom is 0.222 e. The summed E-state index contributed by atoms with van der Waals surface area (Å²) in [5.74, 6) is 2.27. The maximum atomic E-state index is 5.95. The topological polar surface area (TPSA) is 78.0 Å². The summed E-state index contributed by atoms with van der Waals surface area (Å²) in [4.78, 5) is 8.87. The number of ether oxygens (including phenoxy) is 1. The zero-order valence-electron chi connectivity index (χ0n) is 16.1. The van der Waals surface area contributed by atoms with Gasteiger partial charge in [-0.3, -0.25) is 0 Å². The standard InChI is InChI=1S/C20H25BrClN5O/c1-3-4-5-8-24-19-18-17(25-20(23)26-19)15(21)12-27(18)11-14-7-6-13(10-22)9-16(14)28-2/h6-7,9,12H,3-5,8,10-11H2,1-2H3,(H3,23,24,25,26). The number of alkyl halides is 1. The van der Waals surface area contributed by atoms with E-state index in [4.69, 9.17) is 22.1 Å². The van der Waals surface area contributed by atoms with Crippen molar-refractivity contribution in [3.8, 4) is 5.75 Å². The Kier molecular flexibility index (Phi) is 7.02. The second-order valence-electron chi connectivity index (χ2n) is 6.65. The summed E-state index contributed by atoms with van der Waals surface area (Å²) >= 11 is 9.56. The van der Waals surface area contributed by atoms with Crippen LogP contribution in [0.25, 0.3) is 11.0 Å². The normalized spacial score (nSPS) is 11.1. The molecule has 8 heteroatoms. The molecule has 0 amide bonds. The molecule has 0 aliphatic heterocycles. The van der Waals surface area contributed by atoms with Gasteiger partial charge in [0.1, 0.15) is 16.8 Å². The van der Waals surface area contributed by atoms with Crippen molar-refractivity contribution in [2.24, 2.45) is 0 Å². The van der Waals surface area contributed by atoms with Crippen LogP contribution in [0.5, 0.6) is 5.75 Å². The Bertz CT molecular complexity index is 959. The smallest absolute Gasteiger partial charge is 0.222 e. The number of rotatable bonds is 9. The third-order valence-electron chi connectivity index (χ3n) is 4.60. The van der Waals surface area contributed by atoms with Gasteiger partial charge in [-0.1, -0.05) is 31.9 Å². The second kappa shape index (κ2) is 9.47. The van der Waals surface area contributed by atoms with Crippen molar-refractivity contribution in [2.75, 3.05) is 24.7 Å². The van der Waals surface area contributed by atoms with Crippen molar-refractivity contribution in [3.63, 3.8) is 0 Å². The van der Waals surface area contributed by atoms with E-state index in [0.717, 1.165) is 51.2 Å². The Morgan fingerprint density at radius 3 is 2.82 bits per heavy atom. The third-order valence-corrected chi connectivity index (χ3v) is 5.49. The Labute approximate surface area is 178 Å². The summed E-state index contributed by atoms with van der Waals surface area (Å²) in [6, 6.07) is 6.04. The predicted octanol–water partition coefficient (Wildman–Crippen LogP) is 5.17. The molecule has 150 valence electrons. The number of nitrogens with zero attached hydrogens (tertiary/aromatic N) is 3. The fourth-order valence-corrected chi connectivity index (χ4v) is 3.88. The van der Waals surface area contributed by atoms with Gasteiger partial charge in [0, 0.05) is 24.2 Å². The highest BCUT2D eigenvalue weighted by Crippen LogP contribution is 2.32. The van der Waals surface area contributed by atoms with Gasteiger partial charge in [0.25, 0.3) is 0 Å². The molecule has 28 heavy (non-hydrogen) atoms. The SMILES string of the molecule is CCCCCNc1nc(N)nc2c(Br)cn(Cc3ccc(CCl)cc3OC)c12. The molecule has 0 bridgehead atoms. The van der Waals surface area contributed by atoms with E-state index in [2.05, 4.69) is 42.7 Å². The van der Waals surface area contributed by atoms with E-state index in [1.54, 1.807) is 7.11 Å². The number of halogens is 2. The van der Waals surface area contributed by atoms with Crippen LogP contribution in [0.3, 0.4) is 0 Å². The maximum absolute atomic E-state index is 5.95. The minimum Gasteiger partial charge on any atom is -0.496 e. The van der Waals surface area contributed by atoms with Crippen LogP contribution in [0.15, 0.2) is 28.9 Å². The van der Waals surface area contributed by atoms with Gasteiger partial charge in [0.15, 0.2) is 5.82 Å². The van der Waals surface area contributed by atoms with Gasteiger partial charge in [-0.2, -0.15) is 4.98 Å². The van der Waals surface area contributed by atoms with Gasteiger partial charge in [0.05, 0.1) is 18.1 Å². The van der Waals surface area contributed by atoms with Gasteiger partial charge < -0.3 is 20.4 Å². The number of anilines is 2. The fourth-order valence-electron chi connectivity index (χ4n) is 3.19. The lowest BCUT2D eigenvalue weighted by molar-refractivity contribution is 0.408. The number of nitrogens with one attached hydrogen (secondary N) is 1. The average Bonchev–Trinajstić information content (AvgIpc) is 3.00. The first-order valence-electron chi connectivity index (χ1n) is 9.34. The molecule has 3 rings (SSSR count). The second-order valence-corrected chi connectivity index (χ2v) is 7.77. The molecule has 2 aromatic heterocycles. The lowest BCUT2D eigenvalue weighted by Crippen LogP contribution is -2.09. The van der Waals surface area contributed by atoms with Gasteiger partial charge in [0.2, 0.25) is 5.95 Å². The van der Waals surface area contributed by atoms with E-state index in [1.165, 1.54) is 12.8 Å². The van der Waals surface area contributed by atoms with Crippen molar-refractivity contribution in [2.45, 2.75) is 38.6 Å². The molecule has 0 radical (unpaired) electrons. The first-order chi connectivity index (χ1) is 13.6. The fraction of sp³-hybridized carbons (Fsp3) is 0.400. The number of methoxy groups -OCH3 is 1. The molecule has 2 heterocycles. The van der Waals surface area contributed by atoms with E-state index in [1.807, 2.05) is 24.4 Å². The molecule has 3 aromatic rings. The van der Waals surface area contributed by atoms with Crippen LogP contribution >= 0.6 is 27.5 Å². The van der Waals surface area contributed by atoms with Crippen LogP contribution in [0.2, 0.25) is 0 Å². The summed E-state index contributed by atoms with van der Waals surface area (Å²) in [7, 11) is 1.67. The molecule has 6 nitrogen and oxygen atoms in total. The summed E-state index contributed by atoms with van der Waals surface area (Å²) in [6.07, 6.45) is 5.43. The number of aromatic nitrogens is 3. The minimum absolute atomic E-state index is 0.257. The van der Waals surface area contributed by atoms with Crippen LogP contribution in [-0.2, 0) is 12.4 Å². The Morgan fingerprint density at radius 1 is 1.29 bits per heavy atom. The van der Waals surface area contributed by atoms with Gasteiger partial charge >= 0.3 is 0 Å². The molecule has 0 aliphatic carbocycles. The zero-order valence-corrected chi connectivity index (χ0v) is 18.5. The number of hydrogen-bond acceptors (Lipinski definition) is 5. The molecule has 0 saturated carbocycles. The number of hydrogen-bond donors (Lipinski definition) is 2. The van der Waals surface area contributed by atoms with Gasteiger partial charge in [-0.25, -0.2) is 4.98 Å². The molecule has 0 saturated heterocycles. The number of nitrogen functional groups attached to an aromatic ring is 1. The lowest BCUT2D eigenvalue weighted by atomic mass is 10.1. The molecule has 1 aromatic carbocycles. The third kappa shape index (κ3) is 4.52. The van der Waals surface area contributed by atoms with E-state index < -0.39 is 0 Å². The monoisotopic (exact) mass is 465 g/mol. The summed E-state index contributed by atoms with van der Waals surface area (Å²) in [5, 5.41) is 3.43. The molecule has 3 N–H and O–H groups in total. The summed E-state index contributed by atoms with van der Waals surface area (Å²) in [6.45, 7) is 3.65. The molecule has 0 fully saturated rings. The highest BCUT2D eigenvalue weighted by atomic mass is 79.9. The van der Waals surface area contributed by atoms with Crippen LogP contribution < -0.4 is 15.8 Å². The van der Waals surface area contributed by atoms with Crippen molar-refractivity contribution >= 4 is 50.3 Å². The van der Waals surface area contributed by atoms with Crippen LogP contribution in [-0.4, -0.2) is 28.2 Å². The van der Waals surface area contributed by atoms with E-state index in [9.17, 15) is 0 Å². The van der Waals surface area contributed by atoms with Crippen molar-refractivity contribution < 1.29 is 4.74 Å². The molecular formula is C20H25BrClN5O. The average molecular weight is 467 g/mol.